The second-order valence-electron chi connectivity index (χ2n) is 5.60. The molecule has 0 saturated carbocycles. The Morgan fingerprint density at radius 1 is 1.50 bits per heavy atom. The third kappa shape index (κ3) is 6.48. The highest BCUT2D eigenvalue weighted by atomic mass is 35.5. The molecule has 10 nitrogen and oxygen atoms in total. The van der Waals surface area contributed by atoms with Crippen molar-refractivity contribution in [2.24, 2.45) is 10.3 Å². The molecule has 0 fully saturated rings. The number of rotatable bonds is 9. The smallest absolute Gasteiger partial charge is 0.285 e. The lowest BCUT2D eigenvalue weighted by atomic mass is 10.1. The average molecular weight is 434 g/mol. The summed E-state index contributed by atoms with van der Waals surface area (Å²) in [5, 5.41) is 27.2. The predicted molar refractivity (Wildman–Crippen MR) is 101 cm³/mol. The molecule has 0 spiro atoms. The van der Waals surface area contributed by atoms with Gasteiger partial charge in [0.25, 0.3) is 5.88 Å². The summed E-state index contributed by atoms with van der Waals surface area (Å²) in [5.41, 5.74) is 0.624. The third-order valence-corrected chi connectivity index (χ3v) is 4.29. The number of nitrogens with two attached hydrogens (primary N) is 1. The molecular weight excluding hydrogens is 417 g/mol. The van der Waals surface area contributed by atoms with Crippen molar-refractivity contribution >= 4 is 38.8 Å². The molecule has 0 radical (unpaired) electrons. The molecular formula is C15H17ClFN5O5S. The van der Waals surface area contributed by atoms with Crippen LogP contribution in [0.15, 0.2) is 28.0 Å². The van der Waals surface area contributed by atoms with Gasteiger partial charge in [0.05, 0.1) is 11.6 Å². The number of oxime groups is 1. The summed E-state index contributed by atoms with van der Waals surface area (Å²) >= 11 is 5.73. The van der Waals surface area contributed by atoms with Gasteiger partial charge in [-0.25, -0.2) is 9.02 Å². The minimum Gasteiger partial charge on any atom is -0.472 e. The summed E-state index contributed by atoms with van der Waals surface area (Å²) in [6, 6.07) is 4.02. The number of aromatic nitrogens is 2. The molecule has 1 heterocycles. The molecule has 4 N–H and O–H groups in total. The van der Waals surface area contributed by atoms with Gasteiger partial charge in [-0.15, -0.1) is 0 Å². The number of ether oxygens (including phenoxy) is 1. The SMILES string of the molecule is C=S(N)(=O)CC(=O)NCCOc1nonc1C(Cc1ccc(F)c(Cl)c1)=NO. The second kappa shape index (κ2) is 9.48. The molecule has 0 aliphatic heterocycles. The van der Waals surface area contributed by atoms with E-state index in [-0.39, 0.29) is 41.9 Å². The highest BCUT2D eigenvalue weighted by Crippen LogP contribution is 2.20. The van der Waals surface area contributed by atoms with Gasteiger partial charge in [0.15, 0.2) is 5.69 Å². The lowest BCUT2D eigenvalue weighted by Gasteiger charge is -2.07. The van der Waals surface area contributed by atoms with Gasteiger partial charge in [0.1, 0.15) is 23.9 Å². The summed E-state index contributed by atoms with van der Waals surface area (Å²) in [4.78, 5) is 11.5. The van der Waals surface area contributed by atoms with Crippen LogP contribution in [0.3, 0.4) is 0 Å². The Balaban J connectivity index is 1.95. The molecule has 28 heavy (non-hydrogen) atoms. The molecule has 0 aliphatic rings. The Hall–Kier alpha value is -2.70. The number of halogens is 2. The van der Waals surface area contributed by atoms with Crippen LogP contribution < -0.4 is 15.2 Å². The molecule has 1 atom stereocenters. The van der Waals surface area contributed by atoms with Crippen molar-refractivity contribution in [3.63, 3.8) is 0 Å². The molecule has 13 heteroatoms. The zero-order valence-electron chi connectivity index (χ0n) is 14.4. The lowest BCUT2D eigenvalue weighted by Crippen LogP contribution is -2.35. The Morgan fingerprint density at radius 2 is 2.25 bits per heavy atom. The molecule has 0 saturated heterocycles. The summed E-state index contributed by atoms with van der Waals surface area (Å²) in [7, 11) is -2.93. The fraction of sp³-hybridized carbons (Fsp3) is 0.267. The summed E-state index contributed by atoms with van der Waals surface area (Å²) in [6.07, 6.45) is 0.0478. The fourth-order valence-electron chi connectivity index (χ4n) is 2.07. The summed E-state index contributed by atoms with van der Waals surface area (Å²) < 4.78 is 34.4. The van der Waals surface area contributed by atoms with Crippen molar-refractivity contribution in [2.75, 3.05) is 18.9 Å². The molecule has 1 unspecified atom stereocenters. The van der Waals surface area contributed by atoms with E-state index < -0.39 is 27.2 Å². The maximum absolute atomic E-state index is 13.3. The van der Waals surface area contributed by atoms with Gasteiger partial charge in [0, 0.05) is 16.1 Å². The van der Waals surface area contributed by atoms with E-state index in [0.29, 0.717) is 5.56 Å². The second-order valence-corrected chi connectivity index (χ2v) is 8.04. The van der Waals surface area contributed by atoms with E-state index in [1.54, 1.807) is 0 Å². The normalized spacial score (nSPS) is 13.8. The van der Waals surface area contributed by atoms with Crippen LogP contribution in [0.1, 0.15) is 11.3 Å². The number of carbonyl (C=O) groups excluding carboxylic acids is 1. The maximum Gasteiger partial charge on any atom is 0.285 e. The number of benzene rings is 1. The van der Waals surface area contributed by atoms with Crippen molar-refractivity contribution in [3.8, 4) is 5.88 Å². The van der Waals surface area contributed by atoms with Crippen LogP contribution in [0.5, 0.6) is 5.88 Å². The summed E-state index contributed by atoms with van der Waals surface area (Å²) in [5.74, 6) is 1.57. The van der Waals surface area contributed by atoms with E-state index in [9.17, 15) is 18.6 Å². The number of hydrogen-bond acceptors (Lipinski definition) is 8. The van der Waals surface area contributed by atoms with Crippen molar-refractivity contribution in [2.45, 2.75) is 6.42 Å². The minimum absolute atomic E-state index is 0.0250. The average Bonchev–Trinajstić information content (AvgIpc) is 3.06. The highest BCUT2D eigenvalue weighted by Gasteiger charge is 2.19. The van der Waals surface area contributed by atoms with Crippen LogP contribution in [0.2, 0.25) is 5.02 Å². The number of nitrogens with one attached hydrogen (secondary N) is 1. The van der Waals surface area contributed by atoms with E-state index in [2.05, 4.69) is 31.3 Å². The molecule has 0 aliphatic carbocycles. The molecule has 1 amide bonds. The summed E-state index contributed by atoms with van der Waals surface area (Å²) in [6.45, 7) is 0.0246. The fourth-order valence-corrected chi connectivity index (χ4v) is 2.82. The molecule has 0 bridgehead atoms. The number of amides is 1. The first kappa shape index (κ1) is 21.6. The zero-order valence-corrected chi connectivity index (χ0v) is 16.0. The maximum atomic E-state index is 13.3. The quantitative estimate of drug-likeness (QED) is 0.170. The van der Waals surface area contributed by atoms with Crippen LogP contribution in [0.25, 0.3) is 0 Å². The van der Waals surface area contributed by atoms with Crippen LogP contribution in [-0.2, 0) is 20.9 Å². The molecule has 1 aromatic carbocycles. The Labute approximate surface area is 164 Å². The van der Waals surface area contributed by atoms with Gasteiger partial charge in [0.2, 0.25) is 5.91 Å². The first-order valence-corrected chi connectivity index (χ1v) is 10.0. The molecule has 152 valence electrons. The highest BCUT2D eigenvalue weighted by molar-refractivity contribution is 7.98. The van der Waals surface area contributed by atoms with Crippen LogP contribution in [0, 0.1) is 5.82 Å². The van der Waals surface area contributed by atoms with Gasteiger partial charge in [-0.05, 0) is 33.9 Å². The van der Waals surface area contributed by atoms with Gasteiger partial charge in [-0.3, -0.25) is 14.1 Å². The first-order chi connectivity index (χ1) is 13.2. The van der Waals surface area contributed by atoms with E-state index in [1.165, 1.54) is 18.2 Å². The minimum atomic E-state index is -2.93. The van der Waals surface area contributed by atoms with Crippen molar-refractivity contribution < 1.29 is 28.0 Å². The number of carbonyl (C=O) groups is 1. The van der Waals surface area contributed by atoms with Gasteiger partial charge in [-0.2, -0.15) is 0 Å². The van der Waals surface area contributed by atoms with Crippen molar-refractivity contribution in [3.05, 3.63) is 40.3 Å². The van der Waals surface area contributed by atoms with Crippen LogP contribution >= 0.6 is 11.6 Å². The first-order valence-electron chi connectivity index (χ1n) is 7.69. The van der Waals surface area contributed by atoms with Gasteiger partial charge < -0.3 is 15.3 Å². The van der Waals surface area contributed by atoms with E-state index >= 15 is 0 Å². The topological polar surface area (TPSA) is 153 Å². The number of nitrogens with zero attached hydrogens (tertiary/aromatic N) is 3. The van der Waals surface area contributed by atoms with Crippen LogP contribution in [0.4, 0.5) is 4.39 Å². The standard InChI is InChI=1S/C15H17ClFN5O5S/c1-28(18,25)8-13(23)19-4-5-26-15-14(21-27-22-15)12(20-24)7-9-2-3-11(17)10(16)6-9/h2-3,6,24H,1,4-5,7-8H2,(H2,18,25)(H,19,23). The largest absolute Gasteiger partial charge is 0.472 e. The van der Waals surface area contributed by atoms with E-state index in [0.717, 1.165) is 0 Å². The van der Waals surface area contributed by atoms with Crippen LogP contribution in [-0.4, -0.2) is 56.1 Å². The van der Waals surface area contributed by atoms with Gasteiger partial charge in [-0.1, -0.05) is 22.8 Å². The molecule has 2 aromatic rings. The predicted octanol–water partition coefficient (Wildman–Crippen LogP) is 0.368. The Morgan fingerprint density at radius 3 is 2.89 bits per heavy atom. The Kier molecular flexibility index (Phi) is 7.31. The van der Waals surface area contributed by atoms with Gasteiger partial charge >= 0.3 is 0 Å². The van der Waals surface area contributed by atoms with Crippen molar-refractivity contribution in [1.82, 2.24) is 15.6 Å². The van der Waals surface area contributed by atoms with Crippen molar-refractivity contribution in [1.29, 1.82) is 0 Å². The Bertz CT molecular complexity index is 979. The molecule has 2 rings (SSSR count). The molecule has 1 aromatic heterocycles. The zero-order chi connectivity index (χ0) is 20.7. The number of hydrogen-bond donors (Lipinski definition) is 3. The van der Waals surface area contributed by atoms with E-state index in [4.69, 9.17) is 21.5 Å². The lowest BCUT2D eigenvalue weighted by molar-refractivity contribution is -0.118. The third-order valence-electron chi connectivity index (χ3n) is 3.25. The van der Waals surface area contributed by atoms with E-state index in [1.807, 2.05) is 0 Å². The monoisotopic (exact) mass is 433 g/mol.